The van der Waals surface area contributed by atoms with Gasteiger partial charge in [0, 0.05) is 67.6 Å². The number of ketones is 2. The van der Waals surface area contributed by atoms with Crippen LogP contribution >= 0.6 is 21.9 Å². The molecule has 0 spiro atoms. The zero-order valence-electron chi connectivity index (χ0n) is 34.7. The summed E-state index contributed by atoms with van der Waals surface area (Å²) in [5, 5.41) is 26.3. The number of aliphatic carboxylic acids is 2. The average molecular weight is 911 g/mol. The van der Waals surface area contributed by atoms with Gasteiger partial charge in [-0.3, -0.25) is 38.5 Å². The quantitative estimate of drug-likeness (QED) is 0.0245. The molecule has 22 heteroatoms. The monoisotopic (exact) mass is 910 g/mol. The van der Waals surface area contributed by atoms with Gasteiger partial charge in [-0.15, -0.1) is 6.42 Å². The van der Waals surface area contributed by atoms with E-state index in [0.717, 1.165) is 16.4 Å². The van der Waals surface area contributed by atoms with Gasteiger partial charge in [0.05, 0.1) is 23.5 Å². The average Bonchev–Trinajstić information content (AvgIpc) is 3.23. The molecule has 1 heterocycles. The van der Waals surface area contributed by atoms with Crippen LogP contribution in [0.1, 0.15) is 68.8 Å². The normalized spacial score (nSPS) is 13.3. The van der Waals surface area contributed by atoms with Crippen molar-refractivity contribution in [2.45, 2.75) is 77.5 Å². The first-order valence-corrected chi connectivity index (χ1v) is 21.7. The number of nitrogen functional groups attached to an aromatic ring is 1. The molecule has 3 aromatic rings. The minimum atomic E-state index is -1.41. The predicted molar refractivity (Wildman–Crippen MR) is 236 cm³/mol. The van der Waals surface area contributed by atoms with Gasteiger partial charge in [0.2, 0.25) is 17.8 Å². The number of H-pyrrole nitrogens is 1. The van der Waals surface area contributed by atoms with Crippen LogP contribution < -0.4 is 37.9 Å². The van der Waals surface area contributed by atoms with Crippen molar-refractivity contribution in [1.82, 2.24) is 25.9 Å². The molecule has 0 saturated carbocycles. The number of carboxylic acid groups (broad SMARTS) is 2. The highest BCUT2D eigenvalue weighted by atomic mass is 33.1. The molecule has 5 atom stereocenters. The van der Waals surface area contributed by atoms with Crippen LogP contribution in [0.25, 0.3) is 10.9 Å². The molecule has 0 aliphatic carbocycles. The molecule has 10 N–H and O–H groups in total. The second kappa shape index (κ2) is 24.9. The number of fused-ring (bicyclic) bond motifs is 1. The van der Waals surface area contributed by atoms with Crippen LogP contribution in [0.3, 0.4) is 0 Å². The summed E-state index contributed by atoms with van der Waals surface area (Å²) >= 11 is 0.693. The van der Waals surface area contributed by atoms with E-state index < -0.39 is 71.4 Å². The third kappa shape index (κ3) is 16.4. The van der Waals surface area contributed by atoms with Crippen LogP contribution in [0, 0.1) is 24.2 Å². The summed E-state index contributed by atoms with van der Waals surface area (Å²) in [5.74, 6) is -4.93. The van der Waals surface area contributed by atoms with E-state index >= 15 is 0 Å². The summed E-state index contributed by atoms with van der Waals surface area (Å²) in [6.07, 6.45) is 4.63. The summed E-state index contributed by atoms with van der Waals surface area (Å²) in [4.78, 5) is 119. The minimum Gasteiger partial charge on any atom is -0.480 e. The first-order chi connectivity index (χ1) is 29.8. The minimum absolute atomic E-state index is 0.00397. The molecule has 338 valence electrons. The molecule has 3 rings (SSSR count). The van der Waals surface area contributed by atoms with Gasteiger partial charge >= 0.3 is 17.9 Å². The van der Waals surface area contributed by atoms with Gasteiger partial charge in [0.1, 0.15) is 28.9 Å². The van der Waals surface area contributed by atoms with E-state index in [2.05, 4.69) is 31.8 Å². The SMILES string of the molecule is C#CCN(Cc1ccc2nc(N)[nH]c(=O)c2c1)c1ccc(C(=O)NC(CCC(=O)OSSCCC(=O)C[C@@H](C)C(=O)N[C@@H](C)C(=O)C[C@@H](C)C(=O)N[C@@H](CN)C(=O)O)C(=O)O)cc1. The standard InChI is InChI=1S/C41H50N8O12S2/c1-5-15-49(21-25-6-11-30-29(19-25)38(56)48-41(43)47-30)27-9-7-26(8-10-27)37(55)45-31(39(57)58)12-13-34(52)61-63-62-16-14-28(50)17-22(2)35(53)44-24(4)33(51)18-23(3)36(54)46-32(20-42)40(59)60/h1,6-11,19,22-24,31-32H,12-18,20-21,42H2,2-4H3,(H,44,53)(H,45,55)(H,46,54)(H,57,58)(H,59,60)(H3,43,47,48,56)/t22-,23-,24+,31?,32+/m1/s1. The van der Waals surface area contributed by atoms with Crippen molar-refractivity contribution in [3.63, 3.8) is 0 Å². The Kier molecular flexibility index (Phi) is 20.1. The van der Waals surface area contributed by atoms with E-state index in [4.69, 9.17) is 27.2 Å². The molecule has 1 aromatic heterocycles. The first-order valence-electron chi connectivity index (χ1n) is 19.5. The number of nitrogens with two attached hydrogens (primary N) is 2. The van der Waals surface area contributed by atoms with Crippen molar-refractivity contribution in [3.8, 4) is 12.3 Å². The van der Waals surface area contributed by atoms with Crippen LogP contribution in [0.5, 0.6) is 0 Å². The zero-order valence-corrected chi connectivity index (χ0v) is 36.3. The number of aromatic amines is 1. The molecule has 1 unspecified atom stereocenters. The van der Waals surface area contributed by atoms with Crippen molar-refractivity contribution in [2.75, 3.05) is 29.5 Å². The topological polar surface area (TPSA) is 323 Å². The molecule has 0 fully saturated rings. The molecular weight excluding hydrogens is 861 g/mol. The Hall–Kier alpha value is -6.44. The van der Waals surface area contributed by atoms with Crippen molar-refractivity contribution in [2.24, 2.45) is 17.6 Å². The van der Waals surface area contributed by atoms with Crippen LogP contribution in [-0.2, 0) is 44.3 Å². The van der Waals surface area contributed by atoms with E-state index in [-0.39, 0.29) is 73.8 Å². The number of carbonyl (C=O) groups excluding carboxylic acids is 6. The largest absolute Gasteiger partial charge is 0.480 e. The highest BCUT2D eigenvalue weighted by molar-refractivity contribution is 8.75. The van der Waals surface area contributed by atoms with Gasteiger partial charge < -0.3 is 46.7 Å². The maximum absolute atomic E-state index is 13.0. The molecule has 3 amide bonds. The Bertz CT molecular complexity index is 2270. The molecule has 0 saturated heterocycles. The number of hydrogen-bond acceptors (Lipinski definition) is 16. The number of nitrogens with zero attached hydrogens (tertiary/aromatic N) is 2. The number of rotatable bonds is 26. The number of aromatic nitrogens is 2. The molecule has 63 heavy (non-hydrogen) atoms. The lowest BCUT2D eigenvalue weighted by atomic mass is 9.98. The second-order valence-corrected chi connectivity index (χ2v) is 16.6. The molecular formula is C41H50N8O12S2. The maximum atomic E-state index is 13.0. The number of carbonyl (C=O) groups is 8. The number of hydrogen-bond donors (Lipinski definition) is 8. The number of terminal acetylenes is 1. The summed E-state index contributed by atoms with van der Waals surface area (Å²) in [6, 6.07) is 7.74. The van der Waals surface area contributed by atoms with Gasteiger partial charge in [-0.1, -0.05) is 36.6 Å². The van der Waals surface area contributed by atoms with Crippen LogP contribution in [0.2, 0.25) is 0 Å². The third-order valence-corrected chi connectivity index (χ3v) is 11.2. The Labute approximate surface area is 370 Å². The van der Waals surface area contributed by atoms with Gasteiger partial charge in [-0.05, 0) is 55.3 Å². The molecule has 20 nitrogen and oxygen atoms in total. The number of anilines is 2. The number of carboxylic acids is 2. The Morgan fingerprint density at radius 3 is 2.19 bits per heavy atom. The van der Waals surface area contributed by atoms with Crippen LogP contribution in [0.4, 0.5) is 11.6 Å². The predicted octanol–water partition coefficient (Wildman–Crippen LogP) is 1.56. The fraction of sp³-hybridized carbons (Fsp3) is 0.415. The summed E-state index contributed by atoms with van der Waals surface area (Å²) in [5.41, 5.74) is 12.6. The smallest absolute Gasteiger partial charge is 0.327 e. The van der Waals surface area contributed by atoms with Gasteiger partial charge in [-0.2, -0.15) is 0 Å². The van der Waals surface area contributed by atoms with Crippen molar-refractivity contribution in [3.05, 3.63) is 63.9 Å². The first kappa shape index (κ1) is 50.9. The highest BCUT2D eigenvalue weighted by Crippen LogP contribution is 2.25. The maximum Gasteiger partial charge on any atom is 0.327 e. The number of amides is 3. The van der Waals surface area contributed by atoms with Crippen molar-refractivity contribution >= 4 is 91.6 Å². The van der Waals surface area contributed by atoms with E-state index in [1.165, 1.54) is 32.9 Å². The summed E-state index contributed by atoms with van der Waals surface area (Å²) < 4.78 is 5.06. The number of Topliss-reactive ketones (excluding diaryl/α,β-unsaturated/α-hetero) is 2. The highest BCUT2D eigenvalue weighted by Gasteiger charge is 2.27. The zero-order chi connectivity index (χ0) is 46.8. The molecule has 2 aromatic carbocycles. The molecule has 0 radical (unpaired) electrons. The fourth-order valence-electron chi connectivity index (χ4n) is 5.83. The van der Waals surface area contributed by atoms with Gasteiger partial charge in [0.15, 0.2) is 5.78 Å². The van der Waals surface area contributed by atoms with E-state index in [9.17, 15) is 48.3 Å². The van der Waals surface area contributed by atoms with Crippen molar-refractivity contribution in [1.29, 1.82) is 0 Å². The summed E-state index contributed by atoms with van der Waals surface area (Å²) in [6.45, 7) is 4.57. The van der Waals surface area contributed by atoms with Crippen molar-refractivity contribution < 1.29 is 52.8 Å². The van der Waals surface area contributed by atoms with Gasteiger partial charge in [0.25, 0.3) is 11.5 Å². The summed E-state index contributed by atoms with van der Waals surface area (Å²) in [7, 11) is 1.04. The number of nitrogens with one attached hydrogen (secondary N) is 4. The second-order valence-electron chi connectivity index (χ2n) is 14.5. The molecule has 0 bridgehead atoms. The molecule has 0 aliphatic rings. The lowest BCUT2D eigenvalue weighted by Crippen LogP contribution is -2.48. The van der Waals surface area contributed by atoms with E-state index in [0.29, 0.717) is 34.2 Å². The van der Waals surface area contributed by atoms with Crippen LogP contribution in [-0.4, -0.2) is 104 Å². The van der Waals surface area contributed by atoms with E-state index in [1.807, 2.05) is 4.90 Å². The lowest BCUT2D eigenvalue weighted by Gasteiger charge is -2.23. The van der Waals surface area contributed by atoms with E-state index in [1.54, 1.807) is 30.3 Å². The Balaban J connectivity index is 1.38. The lowest BCUT2D eigenvalue weighted by molar-refractivity contribution is -0.142. The van der Waals surface area contributed by atoms with Gasteiger partial charge in [-0.25, -0.2) is 14.6 Å². The fourth-order valence-corrected chi connectivity index (χ4v) is 7.24. The Morgan fingerprint density at radius 1 is 0.905 bits per heavy atom. The third-order valence-electron chi connectivity index (χ3n) is 9.45. The molecule has 0 aliphatic heterocycles. The Morgan fingerprint density at radius 2 is 1.56 bits per heavy atom. The van der Waals surface area contributed by atoms with Crippen LogP contribution in [0.15, 0.2) is 47.3 Å². The number of benzene rings is 2.